The summed E-state index contributed by atoms with van der Waals surface area (Å²) in [7, 11) is 0. The summed E-state index contributed by atoms with van der Waals surface area (Å²) in [5, 5.41) is 5.53. The molecule has 0 aliphatic carbocycles. The number of nitrogens with zero attached hydrogens (tertiary/aromatic N) is 4. The molecule has 0 bridgehead atoms. The first-order valence-electron chi connectivity index (χ1n) is 12.7. The lowest BCUT2D eigenvalue weighted by molar-refractivity contribution is 0.0372. The van der Waals surface area contributed by atoms with Gasteiger partial charge < -0.3 is 20.7 Å². The van der Waals surface area contributed by atoms with Crippen molar-refractivity contribution in [1.82, 2.24) is 20.2 Å². The van der Waals surface area contributed by atoms with Crippen LogP contribution in [0.2, 0.25) is 0 Å². The van der Waals surface area contributed by atoms with Gasteiger partial charge in [-0.05, 0) is 75.0 Å². The number of aromatic nitrogens is 2. The van der Waals surface area contributed by atoms with Gasteiger partial charge in [0, 0.05) is 42.3 Å². The molecule has 3 aromatic rings. The molecule has 224 valence electrons. The van der Waals surface area contributed by atoms with Crippen LogP contribution in [0.25, 0.3) is 22.2 Å². The zero-order valence-corrected chi connectivity index (χ0v) is 26.3. The van der Waals surface area contributed by atoms with E-state index in [1.807, 2.05) is 35.2 Å². The molecule has 1 fully saturated rings. The number of hydrogen-bond donors (Lipinski definition) is 2. The number of halogens is 5. The Balaban J connectivity index is 0.00000304. The summed E-state index contributed by atoms with van der Waals surface area (Å²) in [6, 6.07) is 11.6. The number of carbonyl (C=O) groups excluding carboxylic acids is 1. The predicted octanol–water partition coefficient (Wildman–Crippen LogP) is 5.43. The molecule has 0 spiro atoms. The third-order valence-corrected chi connectivity index (χ3v) is 6.87. The molecule has 0 radical (unpaired) electrons. The molecule has 2 aliphatic heterocycles. The van der Waals surface area contributed by atoms with Crippen LogP contribution in [0.3, 0.4) is 0 Å². The molecule has 40 heavy (non-hydrogen) atoms. The smallest absolute Gasteiger partial charge is 0.258 e. The number of carbonyl (C=O) groups is 1. The minimum Gasteiger partial charge on any atom is -0.384 e. The van der Waals surface area contributed by atoms with Crippen LogP contribution < -0.4 is 16.0 Å². The first-order chi connectivity index (χ1) is 17.2. The zero-order chi connectivity index (χ0) is 24.0. The molecule has 1 saturated heterocycles. The number of morpholine rings is 1. The molecule has 0 unspecified atom stereocenters. The second-order valence-electron chi connectivity index (χ2n) is 9.24. The van der Waals surface area contributed by atoms with Crippen molar-refractivity contribution in [3.05, 3.63) is 48.2 Å². The van der Waals surface area contributed by atoms with E-state index in [2.05, 4.69) is 20.2 Å². The number of ether oxygens (including phenoxy) is 1. The third-order valence-electron chi connectivity index (χ3n) is 6.87. The number of rotatable bonds is 11. The van der Waals surface area contributed by atoms with Gasteiger partial charge in [0.1, 0.15) is 5.82 Å². The Kier molecular flexibility index (Phi) is 18.0. The topological polar surface area (TPSA) is 96.6 Å². The predicted molar refractivity (Wildman–Crippen MR) is 176 cm³/mol. The average molecular weight is 657 g/mol. The number of nitrogen functional groups attached to an aromatic ring is 1. The SMILES string of the molecule is Cl.Cl.Cl.Cl.Cl.Nc1ccnc(-c2ccc3c4c(cccc24)C(=O)N3CCCCNCCCCN2CCOCC2)n1. The number of hydrogen-bond acceptors (Lipinski definition) is 7. The van der Waals surface area contributed by atoms with E-state index in [1.165, 1.54) is 19.4 Å². The third kappa shape index (κ3) is 8.94. The Labute approximate surface area is 267 Å². The number of amides is 1. The van der Waals surface area contributed by atoms with E-state index in [4.69, 9.17) is 10.5 Å². The van der Waals surface area contributed by atoms with Crippen LogP contribution in [0.5, 0.6) is 0 Å². The molecule has 5 rings (SSSR count). The van der Waals surface area contributed by atoms with Gasteiger partial charge in [-0.1, -0.05) is 12.1 Å². The number of nitrogens with one attached hydrogen (secondary N) is 1. The van der Waals surface area contributed by atoms with E-state index in [1.54, 1.807) is 12.3 Å². The first kappa shape index (κ1) is 38.4. The molecule has 2 aliphatic rings. The van der Waals surface area contributed by atoms with E-state index in [0.29, 0.717) is 11.6 Å². The van der Waals surface area contributed by atoms with Crippen molar-refractivity contribution < 1.29 is 9.53 Å². The minimum atomic E-state index is 0. The maximum absolute atomic E-state index is 13.2. The quantitative estimate of drug-likeness (QED) is 0.266. The zero-order valence-electron chi connectivity index (χ0n) is 22.3. The minimum absolute atomic E-state index is 0. The van der Waals surface area contributed by atoms with E-state index in [-0.39, 0.29) is 67.9 Å². The van der Waals surface area contributed by atoms with Gasteiger partial charge in [0.25, 0.3) is 5.91 Å². The number of unbranched alkanes of at least 4 members (excludes halogenated alkanes) is 2. The van der Waals surface area contributed by atoms with Gasteiger partial charge in [-0.25, -0.2) is 9.97 Å². The van der Waals surface area contributed by atoms with Gasteiger partial charge >= 0.3 is 0 Å². The summed E-state index contributed by atoms with van der Waals surface area (Å²) in [4.78, 5) is 26.4. The molecular formula is C27H39Cl5N6O2. The summed E-state index contributed by atoms with van der Waals surface area (Å²) < 4.78 is 5.40. The number of benzene rings is 2. The first-order valence-corrected chi connectivity index (χ1v) is 12.7. The lowest BCUT2D eigenvalue weighted by Gasteiger charge is -2.26. The van der Waals surface area contributed by atoms with Gasteiger partial charge in [-0.2, -0.15) is 0 Å². The molecule has 3 heterocycles. The molecule has 13 heteroatoms. The van der Waals surface area contributed by atoms with Crippen LogP contribution >= 0.6 is 62.0 Å². The monoisotopic (exact) mass is 654 g/mol. The largest absolute Gasteiger partial charge is 0.384 e. The summed E-state index contributed by atoms with van der Waals surface area (Å²) in [5.41, 5.74) is 8.50. The van der Waals surface area contributed by atoms with Crippen LogP contribution in [0.1, 0.15) is 36.0 Å². The van der Waals surface area contributed by atoms with E-state index in [0.717, 1.165) is 86.4 Å². The van der Waals surface area contributed by atoms with Crippen LogP contribution in [0, 0.1) is 0 Å². The van der Waals surface area contributed by atoms with Crippen LogP contribution in [0.4, 0.5) is 11.5 Å². The van der Waals surface area contributed by atoms with Gasteiger partial charge in [-0.3, -0.25) is 9.69 Å². The van der Waals surface area contributed by atoms with Crippen LogP contribution in [0.15, 0.2) is 42.6 Å². The summed E-state index contributed by atoms with van der Waals surface area (Å²) >= 11 is 0. The standard InChI is InChI=1S/C27H34N6O2.5ClH/c28-24-10-13-30-26(31-24)21-8-9-23-25-20(21)6-5-7-22(25)27(34)33(23)15-4-2-12-29-11-1-3-14-32-16-18-35-19-17-32;;;;;/h5-10,13,29H,1-4,11-12,14-19H2,(H2,28,30,31);5*1H. The molecule has 1 amide bonds. The summed E-state index contributed by atoms with van der Waals surface area (Å²) in [5.74, 6) is 1.09. The van der Waals surface area contributed by atoms with E-state index < -0.39 is 0 Å². The molecular weight excluding hydrogens is 618 g/mol. The van der Waals surface area contributed by atoms with Gasteiger partial charge in [0.05, 0.1) is 18.9 Å². The fourth-order valence-electron chi connectivity index (χ4n) is 5.02. The Hall–Kier alpha value is -1.62. The van der Waals surface area contributed by atoms with Crippen molar-refractivity contribution >= 4 is 90.2 Å². The fraction of sp³-hybridized carbons (Fsp3) is 0.444. The highest BCUT2D eigenvalue weighted by Crippen LogP contribution is 2.41. The average Bonchev–Trinajstić information content (AvgIpc) is 3.16. The van der Waals surface area contributed by atoms with Crippen molar-refractivity contribution in [3.8, 4) is 11.4 Å². The van der Waals surface area contributed by atoms with Crippen molar-refractivity contribution in [2.75, 3.05) is 63.1 Å². The highest BCUT2D eigenvalue weighted by molar-refractivity contribution is 6.26. The molecule has 1 aromatic heterocycles. The van der Waals surface area contributed by atoms with Crippen LogP contribution in [-0.4, -0.2) is 73.3 Å². The fourth-order valence-corrected chi connectivity index (χ4v) is 5.02. The maximum atomic E-state index is 13.2. The van der Waals surface area contributed by atoms with Gasteiger partial charge in [0.2, 0.25) is 0 Å². The van der Waals surface area contributed by atoms with Crippen molar-refractivity contribution in [1.29, 1.82) is 0 Å². The summed E-state index contributed by atoms with van der Waals surface area (Å²) in [6.07, 6.45) is 6.08. The van der Waals surface area contributed by atoms with Crippen molar-refractivity contribution in [2.45, 2.75) is 25.7 Å². The van der Waals surface area contributed by atoms with Gasteiger partial charge in [-0.15, -0.1) is 62.0 Å². The Bertz CT molecular complexity index is 1200. The molecule has 2 aromatic carbocycles. The molecule has 8 nitrogen and oxygen atoms in total. The summed E-state index contributed by atoms with van der Waals surface area (Å²) in [6.45, 7) is 7.78. The van der Waals surface area contributed by atoms with E-state index >= 15 is 0 Å². The normalized spacial score (nSPS) is 13.9. The highest BCUT2D eigenvalue weighted by Gasteiger charge is 2.30. The van der Waals surface area contributed by atoms with Gasteiger partial charge in [0.15, 0.2) is 5.82 Å². The number of nitrogens with two attached hydrogens (primary N) is 1. The second kappa shape index (κ2) is 18.7. The lowest BCUT2D eigenvalue weighted by Crippen LogP contribution is -2.37. The molecule has 0 atom stereocenters. The van der Waals surface area contributed by atoms with Crippen molar-refractivity contribution in [3.63, 3.8) is 0 Å². The second-order valence-corrected chi connectivity index (χ2v) is 9.24. The van der Waals surface area contributed by atoms with Crippen molar-refractivity contribution in [2.24, 2.45) is 0 Å². The highest BCUT2D eigenvalue weighted by atomic mass is 35.5. The Morgan fingerprint density at radius 2 is 1.55 bits per heavy atom. The maximum Gasteiger partial charge on any atom is 0.258 e. The van der Waals surface area contributed by atoms with Crippen LogP contribution in [-0.2, 0) is 4.74 Å². The Morgan fingerprint density at radius 1 is 0.850 bits per heavy atom. The molecule has 3 N–H and O–H groups in total. The molecule has 0 saturated carbocycles. The van der Waals surface area contributed by atoms with E-state index in [9.17, 15) is 4.79 Å². The Morgan fingerprint density at radius 3 is 2.25 bits per heavy atom. The number of anilines is 2. The lowest BCUT2D eigenvalue weighted by atomic mass is 10.00.